The van der Waals surface area contributed by atoms with E-state index < -0.39 is 0 Å². The van der Waals surface area contributed by atoms with Crippen molar-refractivity contribution in [3.05, 3.63) is 78.1 Å². The van der Waals surface area contributed by atoms with Gasteiger partial charge in [-0.15, -0.1) is 0 Å². The number of likely N-dealkylation sites (tertiary alicyclic amines) is 1. The average Bonchev–Trinajstić information content (AvgIpc) is 2.79. The molecule has 1 aliphatic heterocycles. The lowest BCUT2D eigenvalue weighted by Gasteiger charge is -2.32. The van der Waals surface area contributed by atoms with Crippen molar-refractivity contribution in [2.75, 3.05) is 32.1 Å². The fraction of sp³-hybridized carbons (Fsp3) is 0.292. The van der Waals surface area contributed by atoms with Gasteiger partial charge in [-0.05, 0) is 43.2 Å². The number of rotatable bonds is 4. The normalized spacial score (nSPS) is 16.5. The molecule has 0 saturated carbocycles. The van der Waals surface area contributed by atoms with Gasteiger partial charge in [-0.1, -0.05) is 30.3 Å². The Hall–Kier alpha value is -3.21. The number of carbonyl (C=O) groups excluding carboxylic acids is 1. The van der Waals surface area contributed by atoms with Gasteiger partial charge in [0.15, 0.2) is 5.82 Å². The predicted molar refractivity (Wildman–Crippen MR) is 116 cm³/mol. The number of hydrogen-bond acceptors (Lipinski definition) is 4. The number of benzene rings is 2. The molecule has 2 heterocycles. The standard InChI is InChI=1S/C24H26N4O/c1-27(2)21-12-10-19(11-13-21)24(29)28-16-6-9-20(17-28)22-14-15-25-23(26-22)18-7-4-3-5-8-18/h3-5,7-8,10-15,20H,6,9,16-17H2,1-2H3/t20-/m1/s1. The van der Waals surface area contributed by atoms with Gasteiger partial charge >= 0.3 is 0 Å². The van der Waals surface area contributed by atoms with Gasteiger partial charge in [0.05, 0.1) is 0 Å². The molecule has 3 aromatic rings. The van der Waals surface area contributed by atoms with E-state index in [0.717, 1.165) is 47.7 Å². The number of anilines is 1. The fourth-order valence-corrected chi connectivity index (χ4v) is 3.81. The molecule has 1 fully saturated rings. The van der Waals surface area contributed by atoms with Crippen LogP contribution in [0.2, 0.25) is 0 Å². The SMILES string of the molecule is CN(C)c1ccc(C(=O)N2CCC[C@@H](c3ccnc(-c4ccccc4)n3)C2)cc1. The number of hydrogen-bond donors (Lipinski definition) is 0. The third kappa shape index (κ3) is 4.29. The Morgan fingerprint density at radius 3 is 2.52 bits per heavy atom. The van der Waals surface area contributed by atoms with E-state index in [1.165, 1.54) is 0 Å². The molecule has 4 rings (SSSR count). The maximum atomic E-state index is 13.0. The van der Waals surface area contributed by atoms with Gasteiger partial charge in [-0.25, -0.2) is 9.97 Å². The van der Waals surface area contributed by atoms with Gasteiger partial charge in [-0.2, -0.15) is 0 Å². The molecule has 5 heteroatoms. The molecule has 1 aliphatic rings. The zero-order valence-corrected chi connectivity index (χ0v) is 17.0. The molecule has 0 bridgehead atoms. The highest BCUT2D eigenvalue weighted by Gasteiger charge is 2.26. The second-order valence-electron chi connectivity index (χ2n) is 7.70. The summed E-state index contributed by atoms with van der Waals surface area (Å²) in [5, 5.41) is 0. The second kappa shape index (κ2) is 8.43. The van der Waals surface area contributed by atoms with Crippen molar-refractivity contribution < 1.29 is 4.79 Å². The second-order valence-corrected chi connectivity index (χ2v) is 7.70. The van der Waals surface area contributed by atoms with Crippen LogP contribution in [0.3, 0.4) is 0 Å². The van der Waals surface area contributed by atoms with Crippen molar-refractivity contribution in [3.8, 4) is 11.4 Å². The summed E-state index contributed by atoms with van der Waals surface area (Å²) in [5.74, 6) is 1.07. The third-order valence-corrected chi connectivity index (χ3v) is 5.47. The smallest absolute Gasteiger partial charge is 0.253 e. The molecule has 1 aromatic heterocycles. The largest absolute Gasteiger partial charge is 0.378 e. The van der Waals surface area contributed by atoms with E-state index >= 15 is 0 Å². The zero-order valence-electron chi connectivity index (χ0n) is 17.0. The van der Waals surface area contributed by atoms with E-state index in [1.807, 2.05) is 90.8 Å². The first-order chi connectivity index (χ1) is 14.1. The number of amides is 1. The molecule has 1 atom stereocenters. The van der Waals surface area contributed by atoms with Crippen LogP contribution in [0.5, 0.6) is 0 Å². The van der Waals surface area contributed by atoms with Gasteiger partial charge in [-0.3, -0.25) is 4.79 Å². The summed E-state index contributed by atoms with van der Waals surface area (Å²) >= 11 is 0. The molecular formula is C24H26N4O. The Morgan fingerprint density at radius 1 is 1.03 bits per heavy atom. The van der Waals surface area contributed by atoms with Crippen molar-refractivity contribution in [2.45, 2.75) is 18.8 Å². The van der Waals surface area contributed by atoms with Crippen LogP contribution < -0.4 is 4.90 Å². The lowest BCUT2D eigenvalue weighted by atomic mass is 9.94. The minimum atomic E-state index is 0.0948. The van der Waals surface area contributed by atoms with E-state index in [2.05, 4.69) is 4.98 Å². The zero-order chi connectivity index (χ0) is 20.2. The number of carbonyl (C=O) groups is 1. The Bertz CT molecular complexity index is 970. The van der Waals surface area contributed by atoms with Crippen LogP contribution in [0.25, 0.3) is 11.4 Å². The summed E-state index contributed by atoms with van der Waals surface area (Å²) < 4.78 is 0. The first-order valence-corrected chi connectivity index (χ1v) is 10.1. The molecule has 1 amide bonds. The molecule has 1 saturated heterocycles. The highest BCUT2D eigenvalue weighted by molar-refractivity contribution is 5.94. The topological polar surface area (TPSA) is 49.3 Å². The average molecular weight is 386 g/mol. The van der Waals surface area contributed by atoms with Crippen LogP contribution >= 0.6 is 0 Å². The van der Waals surface area contributed by atoms with Gasteiger partial charge in [0, 0.05) is 61.8 Å². The predicted octanol–water partition coefficient (Wildman–Crippen LogP) is 4.23. The molecule has 29 heavy (non-hydrogen) atoms. The fourth-order valence-electron chi connectivity index (χ4n) is 3.81. The van der Waals surface area contributed by atoms with Crippen LogP contribution in [0, 0.1) is 0 Å². The number of piperidine rings is 1. The first kappa shape index (κ1) is 19.1. The van der Waals surface area contributed by atoms with Crippen molar-refractivity contribution in [1.29, 1.82) is 0 Å². The summed E-state index contributed by atoms with van der Waals surface area (Å²) in [5.41, 5.74) is 3.86. The van der Waals surface area contributed by atoms with Gasteiger partial charge in [0.2, 0.25) is 0 Å². The summed E-state index contributed by atoms with van der Waals surface area (Å²) in [7, 11) is 3.99. The van der Waals surface area contributed by atoms with E-state index in [0.29, 0.717) is 6.54 Å². The lowest BCUT2D eigenvalue weighted by molar-refractivity contribution is 0.0706. The Balaban J connectivity index is 1.50. The van der Waals surface area contributed by atoms with Gasteiger partial charge < -0.3 is 9.80 Å². The minimum absolute atomic E-state index is 0.0948. The highest BCUT2D eigenvalue weighted by Crippen LogP contribution is 2.28. The van der Waals surface area contributed by atoms with Crippen LogP contribution in [-0.4, -0.2) is 48.0 Å². The van der Waals surface area contributed by atoms with Crippen molar-refractivity contribution in [1.82, 2.24) is 14.9 Å². The Morgan fingerprint density at radius 2 is 1.79 bits per heavy atom. The van der Waals surface area contributed by atoms with Crippen LogP contribution in [0.4, 0.5) is 5.69 Å². The van der Waals surface area contributed by atoms with E-state index in [9.17, 15) is 4.79 Å². The molecular weight excluding hydrogens is 360 g/mol. The summed E-state index contributed by atoms with van der Waals surface area (Å²) in [6, 6.07) is 19.8. The third-order valence-electron chi connectivity index (χ3n) is 5.47. The molecule has 0 unspecified atom stereocenters. The minimum Gasteiger partial charge on any atom is -0.378 e. The lowest BCUT2D eigenvalue weighted by Crippen LogP contribution is -2.39. The molecule has 148 valence electrons. The van der Waals surface area contributed by atoms with Crippen LogP contribution in [0.15, 0.2) is 66.9 Å². The van der Waals surface area contributed by atoms with E-state index in [-0.39, 0.29) is 11.8 Å². The van der Waals surface area contributed by atoms with Gasteiger partial charge in [0.1, 0.15) is 0 Å². The van der Waals surface area contributed by atoms with Crippen molar-refractivity contribution in [3.63, 3.8) is 0 Å². The van der Waals surface area contributed by atoms with Crippen LogP contribution in [0.1, 0.15) is 34.8 Å². The van der Waals surface area contributed by atoms with Gasteiger partial charge in [0.25, 0.3) is 5.91 Å². The number of aromatic nitrogens is 2. The molecule has 0 spiro atoms. The van der Waals surface area contributed by atoms with Crippen molar-refractivity contribution >= 4 is 11.6 Å². The Kier molecular flexibility index (Phi) is 5.56. The molecule has 0 N–H and O–H groups in total. The summed E-state index contributed by atoms with van der Waals surface area (Å²) in [4.78, 5) is 26.3. The number of nitrogens with zero attached hydrogens (tertiary/aromatic N) is 4. The Labute approximate surface area is 172 Å². The quantitative estimate of drug-likeness (QED) is 0.673. The monoisotopic (exact) mass is 386 g/mol. The van der Waals surface area contributed by atoms with E-state index in [1.54, 1.807) is 0 Å². The van der Waals surface area contributed by atoms with Crippen LogP contribution in [-0.2, 0) is 0 Å². The highest BCUT2D eigenvalue weighted by atomic mass is 16.2. The maximum absolute atomic E-state index is 13.0. The molecule has 5 nitrogen and oxygen atoms in total. The molecule has 0 aliphatic carbocycles. The first-order valence-electron chi connectivity index (χ1n) is 10.1. The summed E-state index contributed by atoms with van der Waals surface area (Å²) in [6.45, 7) is 1.49. The van der Waals surface area contributed by atoms with E-state index in [4.69, 9.17) is 4.98 Å². The molecule has 0 radical (unpaired) electrons. The summed E-state index contributed by atoms with van der Waals surface area (Å²) in [6.07, 6.45) is 3.84. The maximum Gasteiger partial charge on any atom is 0.253 e. The molecule has 2 aromatic carbocycles. The van der Waals surface area contributed by atoms with Crippen molar-refractivity contribution in [2.24, 2.45) is 0 Å².